The van der Waals surface area contributed by atoms with Gasteiger partial charge in [-0.3, -0.25) is 4.79 Å². The van der Waals surface area contributed by atoms with Crippen LogP contribution in [0.25, 0.3) is 0 Å². The van der Waals surface area contributed by atoms with Gasteiger partial charge in [-0.05, 0) is 38.3 Å². The summed E-state index contributed by atoms with van der Waals surface area (Å²) < 4.78 is 0. The van der Waals surface area contributed by atoms with E-state index in [0.717, 1.165) is 0 Å². The summed E-state index contributed by atoms with van der Waals surface area (Å²) >= 11 is 0. The van der Waals surface area contributed by atoms with Gasteiger partial charge in [0, 0.05) is 18.5 Å². The predicted octanol–water partition coefficient (Wildman–Crippen LogP) is 2.90. The maximum Gasteiger partial charge on any atom is 0.303 e. The van der Waals surface area contributed by atoms with E-state index in [1.807, 2.05) is 19.1 Å². The van der Waals surface area contributed by atoms with Crippen LogP contribution in [0.5, 0.6) is 0 Å². The van der Waals surface area contributed by atoms with E-state index in [-0.39, 0.29) is 18.5 Å². The van der Waals surface area contributed by atoms with Gasteiger partial charge in [0.05, 0.1) is 0 Å². The van der Waals surface area contributed by atoms with Crippen molar-refractivity contribution >= 4 is 5.97 Å². The lowest BCUT2D eigenvalue weighted by molar-refractivity contribution is -0.137. The zero-order valence-corrected chi connectivity index (χ0v) is 10.7. The molecule has 0 aromatic heterocycles. The van der Waals surface area contributed by atoms with E-state index in [1.54, 1.807) is 0 Å². The summed E-state index contributed by atoms with van der Waals surface area (Å²) in [4.78, 5) is 10.5. The van der Waals surface area contributed by atoms with Crippen molar-refractivity contribution < 1.29 is 9.90 Å². The van der Waals surface area contributed by atoms with Crippen LogP contribution < -0.4 is 5.32 Å². The molecule has 1 unspecified atom stereocenters. The molecule has 3 nitrogen and oxygen atoms in total. The van der Waals surface area contributed by atoms with E-state index in [4.69, 9.17) is 5.11 Å². The molecule has 94 valence electrons. The fourth-order valence-corrected chi connectivity index (χ4v) is 2.01. The van der Waals surface area contributed by atoms with Gasteiger partial charge < -0.3 is 10.4 Å². The zero-order chi connectivity index (χ0) is 12.8. The lowest BCUT2D eigenvalue weighted by Gasteiger charge is -2.21. The summed E-state index contributed by atoms with van der Waals surface area (Å²) in [6.07, 6.45) is 0.875. The first-order valence-corrected chi connectivity index (χ1v) is 6.04. The van der Waals surface area contributed by atoms with Gasteiger partial charge in [-0.2, -0.15) is 0 Å². The number of hydrogen-bond donors (Lipinski definition) is 2. The van der Waals surface area contributed by atoms with Crippen molar-refractivity contribution in [3.63, 3.8) is 0 Å². The molecule has 0 spiro atoms. The first kappa shape index (κ1) is 13.7. The third kappa shape index (κ3) is 4.57. The summed E-state index contributed by atoms with van der Waals surface area (Å²) in [7, 11) is 0. The van der Waals surface area contributed by atoms with E-state index < -0.39 is 5.97 Å². The number of rotatable bonds is 6. The molecule has 0 radical (unpaired) electrons. The second-order valence-corrected chi connectivity index (χ2v) is 4.58. The lowest BCUT2D eigenvalue weighted by Crippen LogP contribution is -2.29. The minimum atomic E-state index is -0.734. The van der Waals surface area contributed by atoms with Crippen molar-refractivity contribution in [2.75, 3.05) is 0 Å². The molecule has 2 atom stereocenters. The molecule has 2 N–H and O–H groups in total. The SMILES string of the molecule is Cc1ccccc1[C@@H](C)NC(C)CCC(=O)O. The average Bonchev–Trinajstić information content (AvgIpc) is 2.26. The van der Waals surface area contributed by atoms with Gasteiger partial charge >= 0.3 is 5.97 Å². The standard InChI is InChI=1S/C14H21NO2/c1-10-6-4-5-7-13(10)12(3)15-11(2)8-9-14(16)17/h4-7,11-12,15H,8-9H2,1-3H3,(H,16,17)/t11?,12-/m1/s1. The smallest absolute Gasteiger partial charge is 0.303 e. The molecule has 0 amide bonds. The largest absolute Gasteiger partial charge is 0.481 e. The molecule has 0 aliphatic carbocycles. The summed E-state index contributed by atoms with van der Waals surface area (Å²) in [6.45, 7) is 6.23. The third-order valence-electron chi connectivity index (χ3n) is 2.98. The van der Waals surface area contributed by atoms with Crippen LogP contribution in [-0.4, -0.2) is 17.1 Å². The molecule has 17 heavy (non-hydrogen) atoms. The Balaban J connectivity index is 2.51. The number of carboxylic acid groups (broad SMARTS) is 1. The Kier molecular flexibility index (Phi) is 5.16. The first-order valence-electron chi connectivity index (χ1n) is 6.04. The number of benzene rings is 1. The van der Waals surface area contributed by atoms with Crippen molar-refractivity contribution in [3.8, 4) is 0 Å². The molecule has 0 aliphatic heterocycles. The molecule has 0 saturated carbocycles. The minimum Gasteiger partial charge on any atom is -0.481 e. The number of carbonyl (C=O) groups is 1. The Hall–Kier alpha value is -1.35. The van der Waals surface area contributed by atoms with Crippen LogP contribution in [0.4, 0.5) is 0 Å². The van der Waals surface area contributed by atoms with Gasteiger partial charge in [-0.1, -0.05) is 24.3 Å². The summed E-state index contributed by atoms with van der Waals surface area (Å²) in [5, 5.41) is 12.1. The van der Waals surface area contributed by atoms with Crippen LogP contribution >= 0.6 is 0 Å². The highest BCUT2D eigenvalue weighted by Gasteiger charge is 2.11. The minimum absolute atomic E-state index is 0.209. The predicted molar refractivity (Wildman–Crippen MR) is 69.1 cm³/mol. The number of hydrogen-bond acceptors (Lipinski definition) is 2. The highest BCUT2D eigenvalue weighted by atomic mass is 16.4. The first-order chi connectivity index (χ1) is 8.00. The van der Waals surface area contributed by atoms with Gasteiger partial charge in [-0.15, -0.1) is 0 Å². The average molecular weight is 235 g/mol. The summed E-state index contributed by atoms with van der Waals surface area (Å²) in [6, 6.07) is 8.72. The van der Waals surface area contributed by atoms with Crippen LogP contribution in [0.15, 0.2) is 24.3 Å². The van der Waals surface area contributed by atoms with E-state index in [1.165, 1.54) is 11.1 Å². The molecule has 1 aromatic rings. The van der Waals surface area contributed by atoms with Crippen molar-refractivity contribution in [1.29, 1.82) is 0 Å². The summed E-state index contributed by atoms with van der Waals surface area (Å²) in [5.41, 5.74) is 2.53. The topological polar surface area (TPSA) is 49.3 Å². The quantitative estimate of drug-likeness (QED) is 0.797. The van der Waals surface area contributed by atoms with Gasteiger partial charge in [0.25, 0.3) is 0 Å². The van der Waals surface area contributed by atoms with Crippen molar-refractivity contribution in [2.24, 2.45) is 0 Å². The number of nitrogens with one attached hydrogen (secondary N) is 1. The zero-order valence-electron chi connectivity index (χ0n) is 10.7. The van der Waals surface area contributed by atoms with Gasteiger partial charge in [0.1, 0.15) is 0 Å². The Labute approximate surface area is 103 Å². The Morgan fingerprint density at radius 3 is 2.59 bits per heavy atom. The second kappa shape index (κ2) is 6.40. The van der Waals surface area contributed by atoms with E-state index in [2.05, 4.69) is 31.3 Å². The molecule has 0 fully saturated rings. The van der Waals surface area contributed by atoms with Crippen LogP contribution in [-0.2, 0) is 4.79 Å². The molecule has 0 saturated heterocycles. The van der Waals surface area contributed by atoms with Crippen molar-refractivity contribution in [1.82, 2.24) is 5.32 Å². The third-order valence-corrected chi connectivity index (χ3v) is 2.98. The van der Waals surface area contributed by atoms with Gasteiger partial charge in [0.15, 0.2) is 0 Å². The van der Waals surface area contributed by atoms with E-state index in [0.29, 0.717) is 6.42 Å². The monoisotopic (exact) mass is 235 g/mol. The molecule has 1 aromatic carbocycles. The van der Waals surface area contributed by atoms with Crippen LogP contribution in [0.3, 0.4) is 0 Å². The molecular formula is C14H21NO2. The van der Waals surface area contributed by atoms with Gasteiger partial charge in [0.2, 0.25) is 0 Å². The van der Waals surface area contributed by atoms with E-state index in [9.17, 15) is 4.79 Å². The molecule has 1 rings (SSSR count). The molecular weight excluding hydrogens is 214 g/mol. The Morgan fingerprint density at radius 2 is 2.00 bits per heavy atom. The number of carboxylic acids is 1. The maximum absolute atomic E-state index is 10.5. The van der Waals surface area contributed by atoms with Crippen LogP contribution in [0, 0.1) is 6.92 Å². The highest BCUT2D eigenvalue weighted by Crippen LogP contribution is 2.17. The molecule has 0 heterocycles. The highest BCUT2D eigenvalue weighted by molar-refractivity contribution is 5.66. The van der Waals surface area contributed by atoms with Crippen molar-refractivity contribution in [2.45, 2.75) is 45.7 Å². The molecule has 0 bridgehead atoms. The van der Waals surface area contributed by atoms with Crippen molar-refractivity contribution in [3.05, 3.63) is 35.4 Å². The van der Waals surface area contributed by atoms with Crippen LogP contribution in [0.1, 0.15) is 43.9 Å². The molecule has 3 heteroatoms. The second-order valence-electron chi connectivity index (χ2n) is 4.58. The Morgan fingerprint density at radius 1 is 1.35 bits per heavy atom. The fraction of sp³-hybridized carbons (Fsp3) is 0.500. The lowest BCUT2D eigenvalue weighted by atomic mass is 10.0. The summed E-state index contributed by atoms with van der Waals surface area (Å²) in [5.74, 6) is -0.734. The number of aliphatic carboxylic acids is 1. The van der Waals surface area contributed by atoms with Crippen LogP contribution in [0.2, 0.25) is 0 Å². The maximum atomic E-state index is 10.5. The van der Waals surface area contributed by atoms with Gasteiger partial charge in [-0.25, -0.2) is 0 Å². The Bertz CT molecular complexity index is 376. The molecule has 0 aliphatic rings. The number of aryl methyl sites for hydroxylation is 1. The van der Waals surface area contributed by atoms with E-state index >= 15 is 0 Å². The normalized spacial score (nSPS) is 14.3. The fourth-order valence-electron chi connectivity index (χ4n) is 2.01.